The highest BCUT2D eigenvalue weighted by Gasteiger charge is 2.22. The maximum absolute atomic E-state index is 10.5. The molecular formula is C17H19ClN3O+. The molecular weight excluding hydrogens is 298 g/mol. The lowest BCUT2D eigenvalue weighted by molar-refractivity contribution is -0.666. The average molecular weight is 317 g/mol. The zero-order valence-corrected chi connectivity index (χ0v) is 13.2. The number of nitrogen functional groups attached to an aromatic ring is 1. The van der Waals surface area contributed by atoms with Crippen LogP contribution in [0, 0.1) is 0 Å². The van der Waals surface area contributed by atoms with Crippen LogP contribution in [0.4, 0.5) is 5.95 Å². The summed E-state index contributed by atoms with van der Waals surface area (Å²) >= 11 is 5.89. The number of hydrogen-bond donors (Lipinski definition) is 2. The third kappa shape index (κ3) is 2.56. The maximum Gasteiger partial charge on any atom is 0.356 e. The van der Waals surface area contributed by atoms with Crippen molar-refractivity contribution >= 4 is 28.6 Å². The molecule has 5 heteroatoms. The van der Waals surface area contributed by atoms with E-state index in [1.807, 2.05) is 45.5 Å². The number of aliphatic hydroxyl groups is 1. The number of fused-ring (bicyclic) bond motifs is 1. The molecule has 1 aromatic heterocycles. The van der Waals surface area contributed by atoms with E-state index in [9.17, 15) is 5.11 Å². The number of aryl methyl sites for hydroxylation is 1. The number of halogens is 1. The minimum Gasteiger partial charge on any atom is -0.385 e. The van der Waals surface area contributed by atoms with Crippen molar-refractivity contribution < 1.29 is 9.67 Å². The number of nitrogens with zero attached hydrogens (tertiary/aromatic N) is 2. The number of nitrogens with two attached hydrogens (primary N) is 1. The molecule has 0 radical (unpaired) electrons. The van der Waals surface area contributed by atoms with Gasteiger partial charge in [0.1, 0.15) is 23.7 Å². The van der Waals surface area contributed by atoms with Gasteiger partial charge in [-0.25, -0.2) is 9.13 Å². The van der Waals surface area contributed by atoms with Crippen LogP contribution in [0.25, 0.3) is 11.0 Å². The van der Waals surface area contributed by atoms with Crippen molar-refractivity contribution in [1.29, 1.82) is 0 Å². The second-order valence-corrected chi connectivity index (χ2v) is 5.71. The SMILES string of the molecule is CCn1c(N)[n+](C[C@H](O)c2ccc(Cl)cc2)c2ccccc21. The van der Waals surface area contributed by atoms with E-state index in [0.717, 1.165) is 23.1 Å². The zero-order chi connectivity index (χ0) is 15.7. The predicted molar refractivity (Wildman–Crippen MR) is 88.6 cm³/mol. The normalized spacial score (nSPS) is 12.7. The van der Waals surface area contributed by atoms with E-state index in [2.05, 4.69) is 6.92 Å². The maximum atomic E-state index is 10.5. The molecule has 3 rings (SSSR count). The Hall–Kier alpha value is -2.04. The van der Waals surface area contributed by atoms with E-state index >= 15 is 0 Å². The number of benzene rings is 2. The van der Waals surface area contributed by atoms with Crippen LogP contribution < -0.4 is 10.3 Å². The van der Waals surface area contributed by atoms with Crippen molar-refractivity contribution in [3.63, 3.8) is 0 Å². The summed E-state index contributed by atoms with van der Waals surface area (Å²) in [7, 11) is 0. The highest BCUT2D eigenvalue weighted by molar-refractivity contribution is 6.30. The highest BCUT2D eigenvalue weighted by atomic mass is 35.5. The lowest BCUT2D eigenvalue weighted by atomic mass is 10.1. The summed E-state index contributed by atoms with van der Waals surface area (Å²) < 4.78 is 4.00. The van der Waals surface area contributed by atoms with Gasteiger partial charge in [0.2, 0.25) is 0 Å². The van der Waals surface area contributed by atoms with Gasteiger partial charge in [0.25, 0.3) is 0 Å². The molecule has 4 nitrogen and oxygen atoms in total. The van der Waals surface area contributed by atoms with Crippen molar-refractivity contribution in [2.45, 2.75) is 26.1 Å². The van der Waals surface area contributed by atoms with Crippen molar-refractivity contribution in [3.8, 4) is 0 Å². The second kappa shape index (κ2) is 5.99. The fourth-order valence-corrected chi connectivity index (χ4v) is 2.93. The van der Waals surface area contributed by atoms with Gasteiger partial charge in [-0.1, -0.05) is 35.9 Å². The predicted octanol–water partition coefficient (Wildman–Crippen LogP) is 2.92. The first-order chi connectivity index (χ1) is 10.6. The van der Waals surface area contributed by atoms with Crippen LogP contribution in [0.5, 0.6) is 0 Å². The van der Waals surface area contributed by atoms with Crippen molar-refractivity contribution in [2.24, 2.45) is 0 Å². The Balaban J connectivity index is 2.00. The van der Waals surface area contributed by atoms with Crippen LogP contribution >= 0.6 is 11.6 Å². The molecule has 3 N–H and O–H groups in total. The van der Waals surface area contributed by atoms with Gasteiger partial charge in [0.05, 0.1) is 6.54 Å². The summed E-state index contributed by atoms with van der Waals surface area (Å²) in [6.45, 7) is 3.25. The topological polar surface area (TPSA) is 55.1 Å². The van der Waals surface area contributed by atoms with Gasteiger partial charge in [0.15, 0.2) is 0 Å². The Kier molecular flexibility index (Phi) is 4.05. The van der Waals surface area contributed by atoms with E-state index in [-0.39, 0.29) is 0 Å². The lowest BCUT2D eigenvalue weighted by Crippen LogP contribution is -2.39. The number of anilines is 1. The van der Waals surface area contributed by atoms with Crippen LogP contribution in [-0.2, 0) is 13.1 Å². The molecule has 0 saturated carbocycles. The van der Waals surface area contributed by atoms with Crippen LogP contribution in [0.2, 0.25) is 5.02 Å². The highest BCUT2D eigenvalue weighted by Crippen LogP contribution is 2.20. The third-order valence-corrected chi connectivity index (χ3v) is 4.19. The van der Waals surface area contributed by atoms with Gasteiger partial charge in [-0.3, -0.25) is 5.73 Å². The Bertz CT molecular complexity index is 796. The van der Waals surface area contributed by atoms with Gasteiger partial charge in [0, 0.05) is 5.02 Å². The second-order valence-electron chi connectivity index (χ2n) is 5.27. The summed E-state index contributed by atoms with van der Waals surface area (Å²) in [6.07, 6.45) is -0.638. The molecule has 114 valence electrons. The van der Waals surface area contributed by atoms with Crippen LogP contribution in [0.3, 0.4) is 0 Å². The lowest BCUT2D eigenvalue weighted by Gasteiger charge is -2.10. The standard InChI is InChI=1S/C17H18ClN3O/c1-2-20-14-5-3-4-6-15(14)21(17(20)19)11-16(22)12-7-9-13(18)10-8-12/h3-10,16,19,22H,2,11H2,1H3/p+1/t16-/m0/s1. The van der Waals surface area contributed by atoms with E-state index in [1.165, 1.54) is 0 Å². The number of rotatable bonds is 4. The molecule has 0 aliphatic carbocycles. The molecule has 0 spiro atoms. The summed E-state index contributed by atoms with van der Waals surface area (Å²) in [6, 6.07) is 15.3. The molecule has 0 unspecified atom stereocenters. The minimum absolute atomic E-state index is 0.404. The molecule has 1 atom stereocenters. The quantitative estimate of drug-likeness (QED) is 0.727. The van der Waals surface area contributed by atoms with Crippen molar-refractivity contribution in [1.82, 2.24) is 4.57 Å². The summed E-state index contributed by atoms with van der Waals surface area (Å²) in [5.41, 5.74) is 9.19. The van der Waals surface area contributed by atoms with Crippen LogP contribution in [-0.4, -0.2) is 9.67 Å². The number of hydrogen-bond acceptors (Lipinski definition) is 2. The number of para-hydroxylation sites is 2. The summed E-state index contributed by atoms with van der Waals surface area (Å²) in [4.78, 5) is 0. The van der Waals surface area contributed by atoms with Crippen LogP contribution in [0.1, 0.15) is 18.6 Å². The van der Waals surface area contributed by atoms with Gasteiger partial charge >= 0.3 is 5.95 Å². The van der Waals surface area contributed by atoms with Crippen molar-refractivity contribution in [3.05, 3.63) is 59.1 Å². The van der Waals surface area contributed by atoms with Gasteiger partial charge in [-0.15, -0.1) is 0 Å². The summed E-state index contributed by atoms with van der Waals surface area (Å²) in [5, 5.41) is 11.2. The Morgan fingerprint density at radius 3 is 2.55 bits per heavy atom. The number of aromatic nitrogens is 2. The van der Waals surface area contributed by atoms with Gasteiger partial charge in [-0.2, -0.15) is 0 Å². The fourth-order valence-electron chi connectivity index (χ4n) is 2.80. The fraction of sp³-hybridized carbons (Fsp3) is 0.235. The average Bonchev–Trinajstić information content (AvgIpc) is 2.80. The smallest absolute Gasteiger partial charge is 0.356 e. The first-order valence-electron chi connectivity index (χ1n) is 7.32. The Labute approximate surface area is 134 Å². The van der Waals surface area contributed by atoms with Gasteiger partial charge < -0.3 is 5.11 Å². The van der Waals surface area contributed by atoms with E-state index in [0.29, 0.717) is 17.5 Å². The monoisotopic (exact) mass is 316 g/mol. The Morgan fingerprint density at radius 2 is 1.86 bits per heavy atom. The zero-order valence-electron chi connectivity index (χ0n) is 12.4. The minimum atomic E-state index is -0.638. The molecule has 0 fully saturated rings. The molecule has 1 heterocycles. The van der Waals surface area contributed by atoms with E-state index < -0.39 is 6.10 Å². The first kappa shape index (κ1) is 14.9. The molecule has 0 aliphatic rings. The third-order valence-electron chi connectivity index (χ3n) is 3.94. The van der Waals surface area contributed by atoms with E-state index in [4.69, 9.17) is 17.3 Å². The Morgan fingerprint density at radius 1 is 1.18 bits per heavy atom. The molecule has 2 aromatic carbocycles. The molecule has 22 heavy (non-hydrogen) atoms. The molecule has 0 saturated heterocycles. The molecule has 0 aliphatic heterocycles. The number of aliphatic hydroxyl groups excluding tert-OH is 1. The molecule has 0 bridgehead atoms. The number of imidazole rings is 1. The van der Waals surface area contributed by atoms with Gasteiger partial charge in [-0.05, 0) is 36.8 Å². The largest absolute Gasteiger partial charge is 0.385 e. The van der Waals surface area contributed by atoms with Crippen LogP contribution in [0.15, 0.2) is 48.5 Å². The molecule has 3 aromatic rings. The molecule has 0 amide bonds. The van der Waals surface area contributed by atoms with Crippen molar-refractivity contribution in [2.75, 3.05) is 5.73 Å². The van der Waals surface area contributed by atoms with E-state index in [1.54, 1.807) is 12.1 Å². The summed E-state index contributed by atoms with van der Waals surface area (Å²) in [5.74, 6) is 0.650. The first-order valence-corrected chi connectivity index (χ1v) is 7.69.